The van der Waals surface area contributed by atoms with Gasteiger partial charge in [-0.05, 0) is 18.2 Å². The fourth-order valence-electron chi connectivity index (χ4n) is 2.36. The van der Waals surface area contributed by atoms with Gasteiger partial charge in [0.05, 0.1) is 12.3 Å². The predicted molar refractivity (Wildman–Crippen MR) is 96.0 cm³/mol. The maximum atomic E-state index is 12.1. The summed E-state index contributed by atoms with van der Waals surface area (Å²) < 4.78 is 5.74. The number of benzene rings is 1. The Morgan fingerprint density at radius 2 is 2.12 bits per heavy atom. The minimum absolute atomic E-state index is 0.0335. The molecular formula is C18H21N3O2S. The van der Waals surface area contributed by atoms with Crippen LogP contribution >= 0.6 is 11.8 Å². The van der Waals surface area contributed by atoms with Crippen molar-refractivity contribution in [3.8, 4) is 17.3 Å². The minimum Gasteiger partial charge on any atom is -0.377 e. The minimum atomic E-state index is -0.412. The SMILES string of the molecule is CCCCCOCc1ccccc1-c1nc(SC)[nH]c(=O)c1C#N. The van der Waals surface area contributed by atoms with Crippen LogP contribution in [0, 0.1) is 11.3 Å². The predicted octanol–water partition coefficient (Wildman–Crippen LogP) is 3.74. The molecule has 0 spiro atoms. The third kappa shape index (κ3) is 4.47. The smallest absolute Gasteiger partial charge is 0.270 e. The maximum Gasteiger partial charge on any atom is 0.270 e. The van der Waals surface area contributed by atoms with E-state index in [1.807, 2.05) is 36.6 Å². The van der Waals surface area contributed by atoms with Crippen LogP contribution in [-0.2, 0) is 11.3 Å². The number of hydrogen-bond donors (Lipinski definition) is 1. The number of rotatable bonds is 8. The standard InChI is InChI=1S/C18H21N3O2S/c1-3-4-7-10-23-12-13-8-5-6-9-14(13)16-15(11-19)17(22)21-18(20-16)24-2/h5-6,8-9H,3-4,7,10,12H2,1-2H3,(H,20,21,22). The first-order valence-electron chi connectivity index (χ1n) is 7.95. The van der Waals surface area contributed by atoms with Gasteiger partial charge in [-0.1, -0.05) is 55.8 Å². The second kappa shape index (κ2) is 9.26. The summed E-state index contributed by atoms with van der Waals surface area (Å²) in [6.45, 7) is 3.29. The van der Waals surface area contributed by atoms with E-state index in [2.05, 4.69) is 16.9 Å². The summed E-state index contributed by atoms with van der Waals surface area (Å²) in [5.74, 6) is 0. The van der Waals surface area contributed by atoms with E-state index in [0.29, 0.717) is 24.1 Å². The quantitative estimate of drug-likeness (QED) is 0.449. The van der Waals surface area contributed by atoms with Gasteiger partial charge < -0.3 is 9.72 Å². The van der Waals surface area contributed by atoms with Crippen molar-refractivity contribution in [2.75, 3.05) is 12.9 Å². The van der Waals surface area contributed by atoms with Crippen molar-refractivity contribution in [1.82, 2.24) is 9.97 Å². The van der Waals surface area contributed by atoms with Crippen LogP contribution < -0.4 is 5.56 Å². The van der Waals surface area contributed by atoms with Crippen LogP contribution in [-0.4, -0.2) is 22.8 Å². The fraction of sp³-hybridized carbons (Fsp3) is 0.389. The summed E-state index contributed by atoms with van der Waals surface area (Å²) in [7, 11) is 0. The van der Waals surface area contributed by atoms with E-state index in [9.17, 15) is 10.1 Å². The molecule has 0 aliphatic heterocycles. The molecule has 1 heterocycles. The van der Waals surface area contributed by atoms with Crippen LogP contribution in [0.25, 0.3) is 11.3 Å². The highest BCUT2D eigenvalue weighted by Crippen LogP contribution is 2.25. The normalized spacial score (nSPS) is 10.5. The second-order valence-electron chi connectivity index (χ2n) is 5.33. The van der Waals surface area contributed by atoms with Crippen LogP contribution in [0.2, 0.25) is 0 Å². The number of thioether (sulfide) groups is 1. The number of ether oxygens (including phenoxy) is 1. The Hall–Kier alpha value is -2.10. The summed E-state index contributed by atoms with van der Waals surface area (Å²) in [4.78, 5) is 19.2. The molecule has 2 aromatic rings. The molecule has 0 saturated heterocycles. The first-order valence-corrected chi connectivity index (χ1v) is 9.18. The number of aromatic nitrogens is 2. The molecule has 5 nitrogen and oxygen atoms in total. The molecule has 0 saturated carbocycles. The molecule has 1 N–H and O–H groups in total. The van der Waals surface area contributed by atoms with E-state index < -0.39 is 5.56 Å². The van der Waals surface area contributed by atoms with Gasteiger partial charge in [0.1, 0.15) is 11.6 Å². The van der Waals surface area contributed by atoms with Crippen molar-refractivity contribution in [2.24, 2.45) is 0 Å². The molecule has 0 aliphatic rings. The second-order valence-corrected chi connectivity index (χ2v) is 6.12. The number of nitrogens with one attached hydrogen (secondary N) is 1. The first kappa shape index (κ1) is 18.2. The Balaban J connectivity index is 2.34. The van der Waals surface area contributed by atoms with Gasteiger partial charge in [-0.15, -0.1) is 0 Å². The van der Waals surface area contributed by atoms with E-state index in [1.54, 1.807) is 0 Å². The first-order chi connectivity index (χ1) is 11.7. The van der Waals surface area contributed by atoms with Gasteiger partial charge in [0, 0.05) is 12.2 Å². The highest BCUT2D eigenvalue weighted by atomic mass is 32.2. The van der Waals surface area contributed by atoms with Crippen molar-refractivity contribution < 1.29 is 4.74 Å². The molecule has 6 heteroatoms. The van der Waals surface area contributed by atoms with E-state index in [-0.39, 0.29) is 5.56 Å². The molecule has 24 heavy (non-hydrogen) atoms. The number of hydrogen-bond acceptors (Lipinski definition) is 5. The molecular weight excluding hydrogens is 322 g/mol. The number of aromatic amines is 1. The van der Waals surface area contributed by atoms with Gasteiger partial charge in [-0.2, -0.15) is 5.26 Å². The molecule has 0 radical (unpaired) electrons. The molecule has 0 aliphatic carbocycles. The fourth-order valence-corrected chi connectivity index (χ4v) is 2.74. The molecule has 126 valence electrons. The average molecular weight is 343 g/mol. The average Bonchev–Trinajstić information content (AvgIpc) is 2.61. The lowest BCUT2D eigenvalue weighted by Crippen LogP contribution is -2.15. The van der Waals surface area contributed by atoms with Gasteiger partial charge in [0.25, 0.3) is 5.56 Å². The van der Waals surface area contributed by atoms with Crippen LogP contribution in [0.4, 0.5) is 0 Å². The molecule has 0 atom stereocenters. The summed E-state index contributed by atoms with van der Waals surface area (Å²) in [5, 5.41) is 9.83. The zero-order valence-electron chi connectivity index (χ0n) is 14.0. The largest absolute Gasteiger partial charge is 0.377 e. The Bertz CT molecular complexity index is 781. The molecule has 1 aromatic heterocycles. The highest BCUT2D eigenvalue weighted by molar-refractivity contribution is 7.98. The number of nitrogens with zero attached hydrogens (tertiary/aromatic N) is 2. The van der Waals surface area contributed by atoms with Crippen LogP contribution in [0.15, 0.2) is 34.2 Å². The third-order valence-corrected chi connectivity index (χ3v) is 4.21. The summed E-state index contributed by atoms with van der Waals surface area (Å²) in [6, 6.07) is 9.58. The van der Waals surface area contributed by atoms with E-state index in [0.717, 1.165) is 30.4 Å². The van der Waals surface area contributed by atoms with Crippen molar-refractivity contribution in [3.05, 3.63) is 45.7 Å². The van der Waals surface area contributed by atoms with Crippen LogP contribution in [0.5, 0.6) is 0 Å². The molecule has 0 unspecified atom stereocenters. The highest BCUT2D eigenvalue weighted by Gasteiger charge is 2.15. The monoisotopic (exact) mass is 343 g/mol. The topological polar surface area (TPSA) is 78.8 Å². The van der Waals surface area contributed by atoms with E-state index in [1.165, 1.54) is 11.8 Å². The lowest BCUT2D eigenvalue weighted by molar-refractivity contribution is 0.117. The van der Waals surface area contributed by atoms with Gasteiger partial charge >= 0.3 is 0 Å². The molecule has 1 aromatic carbocycles. The lowest BCUT2D eigenvalue weighted by atomic mass is 10.0. The molecule has 0 amide bonds. The van der Waals surface area contributed by atoms with Gasteiger partial charge in [0.15, 0.2) is 5.16 Å². The van der Waals surface area contributed by atoms with Crippen molar-refractivity contribution in [1.29, 1.82) is 5.26 Å². The van der Waals surface area contributed by atoms with Crippen molar-refractivity contribution in [2.45, 2.75) is 37.9 Å². The number of H-pyrrole nitrogens is 1. The zero-order chi connectivity index (χ0) is 17.4. The van der Waals surface area contributed by atoms with Crippen LogP contribution in [0.1, 0.15) is 37.3 Å². The van der Waals surface area contributed by atoms with E-state index >= 15 is 0 Å². The number of nitriles is 1. The maximum absolute atomic E-state index is 12.1. The van der Waals surface area contributed by atoms with Gasteiger partial charge in [0.2, 0.25) is 0 Å². The Morgan fingerprint density at radius 1 is 1.33 bits per heavy atom. The van der Waals surface area contributed by atoms with Crippen LogP contribution in [0.3, 0.4) is 0 Å². The molecule has 2 rings (SSSR count). The Labute approximate surface area is 146 Å². The third-order valence-electron chi connectivity index (χ3n) is 3.63. The van der Waals surface area contributed by atoms with Crippen molar-refractivity contribution >= 4 is 11.8 Å². The Morgan fingerprint density at radius 3 is 2.83 bits per heavy atom. The Kier molecular flexibility index (Phi) is 7.04. The van der Waals surface area contributed by atoms with Crippen molar-refractivity contribution in [3.63, 3.8) is 0 Å². The lowest BCUT2D eigenvalue weighted by Gasteiger charge is -2.11. The number of unbranched alkanes of at least 4 members (excludes halogenated alkanes) is 2. The van der Waals surface area contributed by atoms with Gasteiger partial charge in [-0.25, -0.2) is 4.98 Å². The summed E-state index contributed by atoms with van der Waals surface area (Å²) in [6.07, 6.45) is 5.16. The summed E-state index contributed by atoms with van der Waals surface area (Å²) in [5.41, 5.74) is 1.73. The van der Waals surface area contributed by atoms with Gasteiger partial charge in [-0.3, -0.25) is 4.79 Å². The summed E-state index contributed by atoms with van der Waals surface area (Å²) >= 11 is 1.34. The zero-order valence-corrected chi connectivity index (χ0v) is 14.8. The van der Waals surface area contributed by atoms with E-state index in [4.69, 9.17) is 4.74 Å². The molecule has 0 fully saturated rings. The molecule has 0 bridgehead atoms.